The molecular weight excluding hydrogens is 328 g/mol. The van der Waals surface area contributed by atoms with E-state index in [2.05, 4.69) is 51.3 Å². The number of nitrogens with zero attached hydrogens (tertiary/aromatic N) is 1. The maximum absolute atomic E-state index is 9.68. The van der Waals surface area contributed by atoms with Crippen LogP contribution in [0.5, 0.6) is 0 Å². The van der Waals surface area contributed by atoms with Crippen LogP contribution in [0.4, 0.5) is 5.69 Å². The summed E-state index contributed by atoms with van der Waals surface area (Å²) in [5.74, 6) is 0.460. The van der Waals surface area contributed by atoms with E-state index in [-0.39, 0.29) is 6.10 Å². The van der Waals surface area contributed by atoms with Crippen LogP contribution in [0.1, 0.15) is 38.7 Å². The molecule has 1 fully saturated rings. The van der Waals surface area contributed by atoms with Gasteiger partial charge in [-0.2, -0.15) is 0 Å². The number of rotatable bonds is 6. The van der Waals surface area contributed by atoms with Gasteiger partial charge in [-0.1, -0.05) is 28.9 Å². The molecule has 1 aliphatic heterocycles. The SMILES string of the molecule is CCCNCc1ccc(N2CCC(C(C)O)CC2)cc1Br. The van der Waals surface area contributed by atoms with Crippen LogP contribution in [0.3, 0.4) is 0 Å². The highest BCUT2D eigenvalue weighted by Gasteiger charge is 2.22. The molecule has 1 saturated heterocycles. The second kappa shape index (κ2) is 8.16. The first-order valence-electron chi connectivity index (χ1n) is 8.04. The van der Waals surface area contributed by atoms with E-state index in [1.165, 1.54) is 15.7 Å². The summed E-state index contributed by atoms with van der Waals surface area (Å²) in [6.07, 6.45) is 3.14. The molecule has 1 unspecified atom stereocenters. The molecule has 1 aromatic rings. The van der Waals surface area contributed by atoms with Gasteiger partial charge in [0, 0.05) is 29.8 Å². The van der Waals surface area contributed by atoms with Crippen molar-refractivity contribution in [1.29, 1.82) is 0 Å². The Labute approximate surface area is 136 Å². The van der Waals surface area contributed by atoms with Gasteiger partial charge in [0.15, 0.2) is 0 Å². The lowest BCUT2D eigenvalue weighted by Crippen LogP contribution is -2.37. The Morgan fingerprint density at radius 1 is 1.38 bits per heavy atom. The van der Waals surface area contributed by atoms with E-state index in [0.29, 0.717) is 5.92 Å². The number of aliphatic hydroxyl groups is 1. The number of halogens is 1. The third-order valence-corrected chi connectivity index (χ3v) is 5.10. The van der Waals surface area contributed by atoms with Crippen molar-refractivity contribution in [2.75, 3.05) is 24.5 Å². The van der Waals surface area contributed by atoms with E-state index in [0.717, 1.165) is 45.4 Å². The topological polar surface area (TPSA) is 35.5 Å². The first-order valence-corrected chi connectivity index (χ1v) is 8.83. The predicted molar refractivity (Wildman–Crippen MR) is 92.8 cm³/mol. The van der Waals surface area contributed by atoms with Crippen molar-refractivity contribution in [2.45, 2.75) is 45.8 Å². The van der Waals surface area contributed by atoms with Crippen molar-refractivity contribution >= 4 is 21.6 Å². The molecule has 0 bridgehead atoms. The molecule has 0 amide bonds. The summed E-state index contributed by atoms with van der Waals surface area (Å²) in [4.78, 5) is 2.42. The van der Waals surface area contributed by atoms with E-state index in [1.54, 1.807) is 0 Å². The normalized spacial score (nSPS) is 18.0. The summed E-state index contributed by atoms with van der Waals surface area (Å²) in [7, 11) is 0. The van der Waals surface area contributed by atoms with Crippen molar-refractivity contribution in [2.24, 2.45) is 5.92 Å². The summed E-state index contributed by atoms with van der Waals surface area (Å²) in [6, 6.07) is 6.66. The van der Waals surface area contributed by atoms with Gasteiger partial charge in [-0.05, 0) is 56.3 Å². The number of aliphatic hydroxyl groups excluding tert-OH is 1. The lowest BCUT2D eigenvalue weighted by molar-refractivity contribution is 0.110. The van der Waals surface area contributed by atoms with Crippen molar-refractivity contribution < 1.29 is 5.11 Å². The van der Waals surface area contributed by atoms with Crippen molar-refractivity contribution in [3.8, 4) is 0 Å². The fourth-order valence-electron chi connectivity index (χ4n) is 2.92. The average Bonchev–Trinajstić information content (AvgIpc) is 2.49. The maximum Gasteiger partial charge on any atom is 0.0541 e. The minimum atomic E-state index is -0.175. The van der Waals surface area contributed by atoms with Crippen LogP contribution in [0.25, 0.3) is 0 Å². The van der Waals surface area contributed by atoms with Crippen molar-refractivity contribution in [1.82, 2.24) is 5.32 Å². The average molecular weight is 355 g/mol. The van der Waals surface area contributed by atoms with E-state index in [4.69, 9.17) is 0 Å². The summed E-state index contributed by atoms with van der Waals surface area (Å²) in [5.41, 5.74) is 2.59. The molecule has 1 aromatic carbocycles. The largest absolute Gasteiger partial charge is 0.393 e. The summed E-state index contributed by atoms with van der Waals surface area (Å²) in [5, 5.41) is 13.1. The quantitative estimate of drug-likeness (QED) is 0.766. The molecule has 0 spiro atoms. The first-order chi connectivity index (χ1) is 10.1. The molecule has 118 valence electrons. The highest BCUT2D eigenvalue weighted by Crippen LogP contribution is 2.28. The molecule has 0 aromatic heterocycles. The van der Waals surface area contributed by atoms with Crippen LogP contribution >= 0.6 is 15.9 Å². The molecule has 0 radical (unpaired) electrons. The number of hydrogen-bond acceptors (Lipinski definition) is 3. The lowest BCUT2D eigenvalue weighted by atomic mass is 9.92. The van der Waals surface area contributed by atoms with E-state index < -0.39 is 0 Å². The maximum atomic E-state index is 9.68. The molecule has 21 heavy (non-hydrogen) atoms. The minimum Gasteiger partial charge on any atom is -0.393 e. The lowest BCUT2D eigenvalue weighted by Gasteiger charge is -2.35. The van der Waals surface area contributed by atoms with Crippen LogP contribution in [0.15, 0.2) is 22.7 Å². The van der Waals surface area contributed by atoms with Crippen LogP contribution in [0.2, 0.25) is 0 Å². The van der Waals surface area contributed by atoms with Crippen LogP contribution < -0.4 is 10.2 Å². The van der Waals surface area contributed by atoms with E-state index in [9.17, 15) is 5.11 Å². The van der Waals surface area contributed by atoms with Gasteiger partial charge in [0.05, 0.1) is 6.10 Å². The predicted octanol–water partition coefficient (Wildman–Crippen LogP) is 3.55. The van der Waals surface area contributed by atoms with Gasteiger partial charge in [-0.15, -0.1) is 0 Å². The molecule has 2 rings (SSSR count). The van der Waals surface area contributed by atoms with Crippen LogP contribution in [-0.2, 0) is 6.54 Å². The zero-order valence-corrected chi connectivity index (χ0v) is 14.7. The standard InChI is InChI=1S/C17H27BrN2O/c1-3-8-19-12-15-4-5-16(11-17(15)18)20-9-6-14(7-10-20)13(2)21/h4-5,11,13-14,19,21H,3,6-10,12H2,1-2H3. The smallest absolute Gasteiger partial charge is 0.0541 e. The van der Waals surface area contributed by atoms with Gasteiger partial charge in [-0.25, -0.2) is 0 Å². The highest BCUT2D eigenvalue weighted by atomic mass is 79.9. The van der Waals surface area contributed by atoms with Crippen LogP contribution in [-0.4, -0.2) is 30.8 Å². The molecular formula is C17H27BrN2O. The fraction of sp³-hybridized carbons (Fsp3) is 0.647. The van der Waals surface area contributed by atoms with Crippen molar-refractivity contribution in [3.63, 3.8) is 0 Å². The molecule has 4 heteroatoms. The Hall–Kier alpha value is -0.580. The molecule has 1 aliphatic rings. The zero-order chi connectivity index (χ0) is 15.2. The Kier molecular flexibility index (Phi) is 6.52. The fourth-order valence-corrected chi connectivity index (χ4v) is 3.42. The number of nitrogens with one attached hydrogen (secondary N) is 1. The second-order valence-electron chi connectivity index (χ2n) is 6.02. The molecule has 1 heterocycles. The third kappa shape index (κ3) is 4.70. The van der Waals surface area contributed by atoms with Gasteiger partial charge in [0.25, 0.3) is 0 Å². The molecule has 1 atom stereocenters. The number of benzene rings is 1. The van der Waals surface area contributed by atoms with Crippen molar-refractivity contribution in [3.05, 3.63) is 28.2 Å². The van der Waals surface area contributed by atoms with E-state index in [1.807, 2.05) is 6.92 Å². The summed E-state index contributed by atoms with van der Waals surface area (Å²) in [6.45, 7) is 8.14. The first kappa shape index (κ1) is 16.8. The summed E-state index contributed by atoms with van der Waals surface area (Å²) >= 11 is 3.69. The number of piperidine rings is 1. The van der Waals surface area contributed by atoms with Gasteiger partial charge in [0.2, 0.25) is 0 Å². The van der Waals surface area contributed by atoms with Crippen LogP contribution in [0, 0.1) is 5.92 Å². The molecule has 0 saturated carbocycles. The second-order valence-corrected chi connectivity index (χ2v) is 6.87. The Morgan fingerprint density at radius 2 is 2.10 bits per heavy atom. The number of anilines is 1. The Bertz CT molecular complexity index is 442. The number of hydrogen-bond donors (Lipinski definition) is 2. The monoisotopic (exact) mass is 354 g/mol. The highest BCUT2D eigenvalue weighted by molar-refractivity contribution is 9.10. The minimum absolute atomic E-state index is 0.175. The van der Waals surface area contributed by atoms with Gasteiger partial charge in [0.1, 0.15) is 0 Å². The third-order valence-electron chi connectivity index (χ3n) is 4.37. The molecule has 2 N–H and O–H groups in total. The van der Waals surface area contributed by atoms with Gasteiger partial charge in [-0.3, -0.25) is 0 Å². The van der Waals surface area contributed by atoms with E-state index >= 15 is 0 Å². The Morgan fingerprint density at radius 3 is 2.67 bits per heavy atom. The summed E-state index contributed by atoms with van der Waals surface area (Å²) < 4.78 is 1.18. The molecule has 0 aliphatic carbocycles. The molecule has 3 nitrogen and oxygen atoms in total. The zero-order valence-electron chi connectivity index (χ0n) is 13.1. The van der Waals surface area contributed by atoms with Gasteiger partial charge >= 0.3 is 0 Å². The van der Waals surface area contributed by atoms with Gasteiger partial charge < -0.3 is 15.3 Å². The Balaban J connectivity index is 1.94.